The number of nitrogens with one attached hydrogen (secondary N) is 1. The molecule has 0 spiro atoms. The molecule has 1 atom stereocenters. The van der Waals surface area contributed by atoms with Crippen molar-refractivity contribution in [1.29, 1.82) is 0 Å². The third-order valence-electron chi connectivity index (χ3n) is 3.94. The third kappa shape index (κ3) is 4.37. The molecule has 2 aromatic carbocycles. The zero-order chi connectivity index (χ0) is 17.3. The first-order valence-corrected chi connectivity index (χ1v) is 9.20. The average molecular weight is 402 g/mol. The van der Waals surface area contributed by atoms with Gasteiger partial charge >= 0.3 is 0 Å². The summed E-state index contributed by atoms with van der Waals surface area (Å²) < 4.78 is 0. The van der Waals surface area contributed by atoms with Crippen molar-refractivity contribution in [2.24, 2.45) is 5.92 Å². The molecule has 0 aliphatic carbocycles. The minimum atomic E-state index is 0.456. The van der Waals surface area contributed by atoms with Crippen molar-refractivity contribution in [2.75, 3.05) is 0 Å². The largest absolute Gasteiger partial charge is 0.342 e. The van der Waals surface area contributed by atoms with E-state index in [4.69, 9.17) is 46.4 Å². The first-order chi connectivity index (χ1) is 11.4. The molecule has 0 aliphatic heterocycles. The number of aryl methyl sites for hydroxylation is 1. The van der Waals surface area contributed by atoms with E-state index in [2.05, 4.69) is 16.9 Å². The Morgan fingerprint density at radius 3 is 2.33 bits per heavy atom. The topological polar surface area (TPSA) is 28.7 Å². The van der Waals surface area contributed by atoms with E-state index < -0.39 is 0 Å². The van der Waals surface area contributed by atoms with E-state index in [9.17, 15) is 0 Å². The van der Waals surface area contributed by atoms with E-state index in [0.29, 0.717) is 26.0 Å². The highest BCUT2D eigenvalue weighted by atomic mass is 35.5. The van der Waals surface area contributed by atoms with Crippen LogP contribution in [0.1, 0.15) is 24.7 Å². The van der Waals surface area contributed by atoms with Crippen molar-refractivity contribution < 1.29 is 0 Å². The van der Waals surface area contributed by atoms with Gasteiger partial charge in [0, 0.05) is 21.5 Å². The highest BCUT2D eigenvalue weighted by molar-refractivity contribution is 6.38. The first-order valence-electron chi connectivity index (χ1n) is 7.69. The quantitative estimate of drug-likeness (QED) is 0.490. The Hall–Kier alpha value is -0.930. The third-order valence-corrected chi connectivity index (χ3v) is 4.89. The molecule has 0 radical (unpaired) electrons. The van der Waals surface area contributed by atoms with Crippen LogP contribution in [0.15, 0.2) is 30.3 Å². The number of imidazole rings is 1. The summed E-state index contributed by atoms with van der Waals surface area (Å²) in [6, 6.07) is 9.23. The SMILES string of the molecule is CC(CCc1cc(Cl)cc(Cl)c1)Cc1nc2c(Cl)cc(Cl)cc2[nH]1. The number of nitrogens with zero attached hydrogens (tertiary/aromatic N) is 1. The zero-order valence-corrected chi connectivity index (χ0v) is 16.1. The maximum atomic E-state index is 6.19. The number of halogens is 4. The van der Waals surface area contributed by atoms with Crippen LogP contribution in [-0.2, 0) is 12.8 Å². The average Bonchev–Trinajstić information content (AvgIpc) is 2.86. The lowest BCUT2D eigenvalue weighted by molar-refractivity contribution is 0.519. The number of rotatable bonds is 5. The first kappa shape index (κ1) is 17.9. The van der Waals surface area contributed by atoms with Crippen LogP contribution in [0.2, 0.25) is 20.1 Å². The van der Waals surface area contributed by atoms with Crippen molar-refractivity contribution >= 4 is 57.4 Å². The van der Waals surface area contributed by atoms with Gasteiger partial charge in [-0.05, 0) is 54.7 Å². The van der Waals surface area contributed by atoms with Crippen LogP contribution in [0.25, 0.3) is 11.0 Å². The standard InChI is InChI=1S/C18H16Cl4N2/c1-10(2-3-11-5-12(19)7-13(20)6-11)4-17-23-16-9-14(21)8-15(22)18(16)24-17/h5-10H,2-4H2,1H3,(H,23,24). The van der Waals surface area contributed by atoms with Crippen molar-refractivity contribution in [1.82, 2.24) is 9.97 Å². The fraction of sp³-hybridized carbons (Fsp3) is 0.278. The Morgan fingerprint density at radius 2 is 1.62 bits per heavy atom. The predicted octanol–water partition coefficient (Wildman–Crippen LogP) is 6.99. The lowest BCUT2D eigenvalue weighted by atomic mass is 9.98. The number of hydrogen-bond donors (Lipinski definition) is 1. The molecule has 3 aromatic rings. The van der Waals surface area contributed by atoms with Gasteiger partial charge in [0.15, 0.2) is 0 Å². The van der Waals surface area contributed by atoms with E-state index in [-0.39, 0.29) is 0 Å². The number of fused-ring (bicyclic) bond motifs is 1. The van der Waals surface area contributed by atoms with Gasteiger partial charge in [0.05, 0.1) is 10.5 Å². The molecule has 0 aliphatic rings. The Bertz CT molecular complexity index is 853. The Balaban J connectivity index is 1.66. The molecule has 24 heavy (non-hydrogen) atoms. The van der Waals surface area contributed by atoms with E-state index in [1.54, 1.807) is 12.1 Å². The lowest BCUT2D eigenvalue weighted by Gasteiger charge is -2.10. The molecule has 0 fully saturated rings. The minimum Gasteiger partial charge on any atom is -0.342 e. The van der Waals surface area contributed by atoms with E-state index in [1.165, 1.54) is 0 Å². The minimum absolute atomic E-state index is 0.456. The Kier molecular flexibility index (Phi) is 5.61. The number of H-pyrrole nitrogens is 1. The highest BCUT2D eigenvalue weighted by Gasteiger charge is 2.11. The van der Waals surface area contributed by atoms with Gasteiger partial charge in [0.1, 0.15) is 11.3 Å². The summed E-state index contributed by atoms with van der Waals surface area (Å²) in [7, 11) is 0. The zero-order valence-electron chi connectivity index (χ0n) is 13.0. The molecular weight excluding hydrogens is 386 g/mol. The lowest BCUT2D eigenvalue weighted by Crippen LogP contribution is -2.03. The molecule has 0 bridgehead atoms. The second-order valence-electron chi connectivity index (χ2n) is 6.09. The van der Waals surface area contributed by atoms with Gasteiger partial charge in [-0.15, -0.1) is 0 Å². The Morgan fingerprint density at radius 1 is 0.958 bits per heavy atom. The fourth-order valence-corrected chi connectivity index (χ4v) is 3.90. The summed E-state index contributed by atoms with van der Waals surface area (Å²) in [6.45, 7) is 2.20. The van der Waals surface area contributed by atoms with Crippen LogP contribution in [-0.4, -0.2) is 9.97 Å². The number of benzene rings is 2. The molecule has 3 rings (SSSR count). The van der Waals surface area contributed by atoms with Crippen LogP contribution in [0, 0.1) is 5.92 Å². The van der Waals surface area contributed by atoms with Gasteiger partial charge in [0.2, 0.25) is 0 Å². The summed E-state index contributed by atoms with van der Waals surface area (Å²) >= 11 is 24.3. The van der Waals surface area contributed by atoms with Gasteiger partial charge < -0.3 is 4.98 Å². The van der Waals surface area contributed by atoms with Crippen molar-refractivity contribution in [3.8, 4) is 0 Å². The van der Waals surface area contributed by atoms with Crippen LogP contribution in [0.5, 0.6) is 0 Å². The number of hydrogen-bond acceptors (Lipinski definition) is 1. The van der Waals surface area contributed by atoms with Crippen molar-refractivity contribution in [2.45, 2.75) is 26.2 Å². The maximum Gasteiger partial charge on any atom is 0.107 e. The van der Waals surface area contributed by atoms with Crippen LogP contribution < -0.4 is 0 Å². The van der Waals surface area contributed by atoms with E-state index in [0.717, 1.165) is 41.7 Å². The molecule has 0 saturated carbocycles. The van der Waals surface area contributed by atoms with Gasteiger partial charge in [-0.2, -0.15) is 0 Å². The van der Waals surface area contributed by atoms with Gasteiger partial charge in [-0.25, -0.2) is 4.98 Å². The second kappa shape index (κ2) is 7.53. The summed E-state index contributed by atoms with van der Waals surface area (Å²) in [4.78, 5) is 7.89. The smallest absolute Gasteiger partial charge is 0.107 e. The molecule has 1 heterocycles. The fourth-order valence-electron chi connectivity index (χ4n) is 2.79. The van der Waals surface area contributed by atoms with Crippen molar-refractivity contribution in [3.05, 3.63) is 61.8 Å². The van der Waals surface area contributed by atoms with E-state index in [1.807, 2.05) is 18.2 Å². The summed E-state index contributed by atoms with van der Waals surface area (Å²) in [5, 5.41) is 2.53. The number of aromatic nitrogens is 2. The molecule has 1 N–H and O–H groups in total. The molecule has 0 saturated heterocycles. The van der Waals surface area contributed by atoms with Gasteiger partial charge in [-0.1, -0.05) is 53.3 Å². The maximum absolute atomic E-state index is 6.19. The van der Waals surface area contributed by atoms with E-state index >= 15 is 0 Å². The monoisotopic (exact) mass is 400 g/mol. The summed E-state index contributed by atoms with van der Waals surface area (Å²) in [5.74, 6) is 1.38. The highest BCUT2D eigenvalue weighted by Crippen LogP contribution is 2.27. The summed E-state index contributed by atoms with van der Waals surface area (Å²) in [6.07, 6.45) is 2.79. The predicted molar refractivity (Wildman–Crippen MR) is 104 cm³/mol. The van der Waals surface area contributed by atoms with Gasteiger partial charge in [0.25, 0.3) is 0 Å². The normalized spacial score (nSPS) is 12.7. The number of aromatic amines is 1. The van der Waals surface area contributed by atoms with Crippen LogP contribution in [0.3, 0.4) is 0 Å². The molecular formula is C18H16Cl4N2. The molecule has 6 heteroatoms. The summed E-state index contributed by atoms with van der Waals surface area (Å²) in [5.41, 5.74) is 2.79. The van der Waals surface area contributed by atoms with Crippen molar-refractivity contribution in [3.63, 3.8) is 0 Å². The molecule has 2 nitrogen and oxygen atoms in total. The van der Waals surface area contributed by atoms with Crippen LogP contribution in [0.4, 0.5) is 0 Å². The van der Waals surface area contributed by atoms with Crippen LogP contribution >= 0.6 is 46.4 Å². The Labute approximate surface area is 161 Å². The van der Waals surface area contributed by atoms with Gasteiger partial charge in [-0.3, -0.25) is 0 Å². The molecule has 1 unspecified atom stereocenters. The second-order valence-corrected chi connectivity index (χ2v) is 7.81. The molecule has 126 valence electrons. The molecule has 0 amide bonds. The molecule has 1 aromatic heterocycles.